The van der Waals surface area contributed by atoms with E-state index in [9.17, 15) is 22.0 Å². The van der Waals surface area contributed by atoms with E-state index in [-0.39, 0.29) is 17.0 Å². The van der Waals surface area contributed by atoms with Gasteiger partial charge in [0.2, 0.25) is 5.03 Å². The largest absolute Gasteiger partial charge is 0.295 e. The summed E-state index contributed by atoms with van der Waals surface area (Å²) in [6.07, 6.45) is 5.73. The summed E-state index contributed by atoms with van der Waals surface area (Å²) in [5, 5.41) is 7.38. The molecule has 0 radical (unpaired) electrons. The minimum atomic E-state index is -3.70. The number of nitrogens with zero attached hydrogens (tertiary/aromatic N) is 5. The summed E-state index contributed by atoms with van der Waals surface area (Å²) in [7, 11) is -2.09. The van der Waals surface area contributed by atoms with Crippen LogP contribution in [0.5, 0.6) is 0 Å². The average molecular weight is 468 g/mol. The fourth-order valence-corrected chi connectivity index (χ4v) is 6.31. The molecule has 0 N–H and O–H groups in total. The maximum absolute atomic E-state index is 14.0. The average Bonchev–Trinajstić information content (AvgIpc) is 3.42. The van der Waals surface area contributed by atoms with Gasteiger partial charge in [0.25, 0.3) is 10.0 Å². The van der Waals surface area contributed by atoms with Crippen LogP contribution in [0.1, 0.15) is 48.9 Å². The summed E-state index contributed by atoms with van der Waals surface area (Å²) in [5.41, 5.74) is -0.722. The highest BCUT2D eigenvalue weighted by atomic mass is 32.2. The Bertz CT molecular complexity index is 1070. The number of carbonyl (C=O) groups excluding carboxylic acids is 1. The number of rotatable bonds is 7. The molecule has 32 heavy (non-hydrogen) atoms. The van der Waals surface area contributed by atoms with Crippen molar-refractivity contribution in [2.75, 3.05) is 26.2 Å². The fraction of sp³-hybridized carbons (Fsp3) is 0.571. The molecule has 11 heteroatoms. The molecule has 1 aromatic carbocycles. The first-order chi connectivity index (χ1) is 15.2. The van der Waals surface area contributed by atoms with Gasteiger partial charge < -0.3 is 0 Å². The molecule has 0 unspecified atom stereocenters. The predicted molar refractivity (Wildman–Crippen MR) is 112 cm³/mol. The van der Waals surface area contributed by atoms with E-state index in [4.69, 9.17) is 0 Å². The van der Waals surface area contributed by atoms with Crippen molar-refractivity contribution in [2.24, 2.45) is 7.05 Å². The first kappa shape index (κ1) is 22.9. The van der Waals surface area contributed by atoms with Crippen molar-refractivity contribution >= 4 is 15.8 Å². The second-order valence-corrected chi connectivity index (χ2v) is 10.5. The van der Waals surface area contributed by atoms with Crippen LogP contribution in [0.4, 0.5) is 8.78 Å². The van der Waals surface area contributed by atoms with Gasteiger partial charge in [-0.05, 0) is 31.4 Å². The SMILES string of the molecule is Cn1cc(S(=O)(=O)N2CCN(C3(CCC(=O)c4c(F)cccc4F)CCCC3)CC2)nn1. The molecule has 0 atom stereocenters. The van der Waals surface area contributed by atoms with Gasteiger partial charge in [0, 0.05) is 45.2 Å². The van der Waals surface area contributed by atoms with Gasteiger partial charge in [-0.3, -0.25) is 14.4 Å². The third-order valence-electron chi connectivity index (χ3n) is 6.69. The lowest BCUT2D eigenvalue weighted by Crippen LogP contribution is -2.57. The van der Waals surface area contributed by atoms with Crippen LogP contribution in [0.3, 0.4) is 0 Å². The zero-order chi connectivity index (χ0) is 22.9. The summed E-state index contributed by atoms with van der Waals surface area (Å²) < 4.78 is 56.4. The highest BCUT2D eigenvalue weighted by Gasteiger charge is 2.42. The third-order valence-corrected chi connectivity index (χ3v) is 8.45. The van der Waals surface area contributed by atoms with Crippen LogP contribution in [0.2, 0.25) is 0 Å². The van der Waals surface area contributed by atoms with Crippen molar-refractivity contribution in [3.63, 3.8) is 0 Å². The first-order valence-electron chi connectivity index (χ1n) is 10.8. The molecule has 0 spiro atoms. The quantitative estimate of drug-likeness (QED) is 0.581. The number of hydrogen-bond donors (Lipinski definition) is 0. The van der Waals surface area contributed by atoms with E-state index in [1.807, 2.05) is 0 Å². The second-order valence-electron chi connectivity index (χ2n) is 8.57. The maximum Gasteiger partial charge on any atom is 0.264 e. The van der Waals surface area contributed by atoms with Gasteiger partial charge in [-0.2, -0.15) is 4.31 Å². The molecule has 2 heterocycles. The zero-order valence-electron chi connectivity index (χ0n) is 18.0. The molecular formula is C21H27F2N5O3S. The molecule has 2 fully saturated rings. The molecule has 174 valence electrons. The van der Waals surface area contributed by atoms with Crippen LogP contribution >= 0.6 is 0 Å². The summed E-state index contributed by atoms with van der Waals surface area (Å²) in [5.74, 6) is -2.20. The van der Waals surface area contributed by atoms with Crippen molar-refractivity contribution < 1.29 is 22.0 Å². The Morgan fingerprint density at radius 3 is 2.28 bits per heavy atom. The molecule has 1 aromatic heterocycles. The van der Waals surface area contributed by atoms with E-state index in [2.05, 4.69) is 15.2 Å². The van der Waals surface area contributed by atoms with Gasteiger partial charge in [-0.15, -0.1) is 5.10 Å². The molecule has 0 amide bonds. The molecule has 8 nitrogen and oxygen atoms in total. The van der Waals surface area contributed by atoms with Crippen LogP contribution < -0.4 is 0 Å². The van der Waals surface area contributed by atoms with E-state index < -0.39 is 33.0 Å². The minimum Gasteiger partial charge on any atom is -0.295 e. The van der Waals surface area contributed by atoms with Crippen molar-refractivity contribution in [1.29, 1.82) is 0 Å². The summed E-state index contributed by atoms with van der Waals surface area (Å²) in [6, 6.07) is 3.44. The maximum atomic E-state index is 14.0. The number of piperazine rings is 1. The second kappa shape index (κ2) is 8.95. The molecule has 2 aliphatic rings. The first-order valence-corrected chi connectivity index (χ1v) is 12.3. The number of sulfonamides is 1. The smallest absolute Gasteiger partial charge is 0.264 e. The highest BCUT2D eigenvalue weighted by Crippen LogP contribution is 2.40. The van der Waals surface area contributed by atoms with Gasteiger partial charge in [0.05, 0.1) is 11.8 Å². The van der Waals surface area contributed by atoms with E-state index in [1.54, 1.807) is 7.05 Å². The van der Waals surface area contributed by atoms with Gasteiger partial charge in [0.1, 0.15) is 11.6 Å². The number of aryl methyl sites for hydroxylation is 1. The van der Waals surface area contributed by atoms with Crippen LogP contribution in [0.25, 0.3) is 0 Å². The topological polar surface area (TPSA) is 88.4 Å². The predicted octanol–water partition coefficient (Wildman–Crippen LogP) is 2.38. The van der Waals surface area contributed by atoms with Crippen LogP contribution in [-0.2, 0) is 17.1 Å². The lowest BCUT2D eigenvalue weighted by atomic mass is 9.87. The molecule has 0 bridgehead atoms. The highest BCUT2D eigenvalue weighted by molar-refractivity contribution is 7.89. The van der Waals surface area contributed by atoms with E-state index in [0.717, 1.165) is 37.8 Å². The molecular weight excluding hydrogens is 440 g/mol. The van der Waals surface area contributed by atoms with Crippen LogP contribution in [0, 0.1) is 11.6 Å². The number of aromatic nitrogens is 3. The lowest BCUT2D eigenvalue weighted by molar-refractivity contribution is 0.0475. The number of ketones is 1. The Kier molecular flexibility index (Phi) is 6.42. The zero-order valence-corrected chi connectivity index (χ0v) is 18.8. The van der Waals surface area contributed by atoms with E-state index in [0.29, 0.717) is 32.6 Å². The molecule has 1 saturated heterocycles. The molecule has 1 saturated carbocycles. The van der Waals surface area contributed by atoms with Crippen molar-refractivity contribution in [1.82, 2.24) is 24.2 Å². The number of halogens is 2. The normalized spacial score (nSPS) is 20.0. The third kappa shape index (κ3) is 4.33. The Morgan fingerprint density at radius 1 is 1.09 bits per heavy atom. The summed E-state index contributed by atoms with van der Waals surface area (Å²) >= 11 is 0. The number of benzene rings is 1. The van der Waals surface area contributed by atoms with Crippen molar-refractivity contribution in [2.45, 2.75) is 49.1 Å². The minimum absolute atomic E-state index is 0.0516. The van der Waals surface area contributed by atoms with Gasteiger partial charge in [-0.1, -0.05) is 24.1 Å². The van der Waals surface area contributed by atoms with Crippen LogP contribution in [-0.4, -0.2) is 70.1 Å². The number of Topliss-reactive ketones (excluding diaryl/α,β-unsaturated/α-hetero) is 1. The van der Waals surface area contributed by atoms with Crippen molar-refractivity contribution in [3.05, 3.63) is 41.6 Å². The van der Waals surface area contributed by atoms with E-state index >= 15 is 0 Å². The standard InChI is InChI=1S/C21H27F2N5O3S/c1-26-15-19(24-25-26)32(30,31)28-13-11-27(12-14-28)21(8-2-3-9-21)10-7-18(29)20-16(22)5-4-6-17(20)23/h4-6,15H,2-3,7-14H2,1H3. The number of hydrogen-bond acceptors (Lipinski definition) is 6. The fourth-order valence-electron chi connectivity index (χ4n) is 4.97. The Balaban J connectivity index is 1.43. The van der Waals surface area contributed by atoms with Gasteiger partial charge in [0.15, 0.2) is 5.78 Å². The van der Waals surface area contributed by atoms with Crippen LogP contribution in [0.15, 0.2) is 29.4 Å². The molecule has 4 rings (SSSR count). The Morgan fingerprint density at radius 2 is 1.72 bits per heavy atom. The monoisotopic (exact) mass is 467 g/mol. The van der Waals surface area contributed by atoms with Gasteiger partial charge >= 0.3 is 0 Å². The number of carbonyl (C=O) groups is 1. The molecule has 2 aromatic rings. The molecule has 1 aliphatic heterocycles. The van der Waals surface area contributed by atoms with Crippen molar-refractivity contribution in [3.8, 4) is 0 Å². The molecule has 1 aliphatic carbocycles. The van der Waals surface area contributed by atoms with E-state index in [1.165, 1.54) is 21.3 Å². The Hall–Kier alpha value is -2.24. The summed E-state index contributed by atoms with van der Waals surface area (Å²) in [6.45, 7) is 1.69. The lowest BCUT2D eigenvalue weighted by Gasteiger charge is -2.45. The van der Waals surface area contributed by atoms with Gasteiger partial charge in [-0.25, -0.2) is 17.2 Å². The summed E-state index contributed by atoms with van der Waals surface area (Å²) in [4.78, 5) is 14.9. The Labute approximate surface area is 186 Å².